The van der Waals surface area contributed by atoms with E-state index in [1.807, 2.05) is 25.1 Å². The fourth-order valence-corrected chi connectivity index (χ4v) is 2.23. The highest BCUT2D eigenvalue weighted by Crippen LogP contribution is 2.20. The fourth-order valence-electron chi connectivity index (χ4n) is 2.23. The minimum atomic E-state index is -0.126. The molecule has 1 N–H and O–H groups in total. The van der Waals surface area contributed by atoms with Crippen LogP contribution < -0.4 is 5.32 Å². The van der Waals surface area contributed by atoms with Gasteiger partial charge in [0.1, 0.15) is 6.26 Å². The summed E-state index contributed by atoms with van der Waals surface area (Å²) in [6.45, 7) is 1.97. The largest absolute Gasteiger partial charge is 0.472 e. The van der Waals surface area contributed by atoms with E-state index in [0.29, 0.717) is 5.56 Å². The number of hydrogen-bond donors (Lipinski definition) is 1. The predicted octanol–water partition coefficient (Wildman–Crippen LogP) is 3.92. The Morgan fingerprint density at radius 3 is 2.65 bits per heavy atom. The number of nitrogens with one attached hydrogen (secondary N) is 1. The average molecular weight is 265 g/mol. The van der Waals surface area contributed by atoms with Crippen molar-refractivity contribution in [1.29, 1.82) is 0 Å². The monoisotopic (exact) mass is 265 g/mol. The molecule has 0 aliphatic rings. The van der Waals surface area contributed by atoms with Crippen molar-refractivity contribution in [1.82, 2.24) is 5.32 Å². The van der Waals surface area contributed by atoms with Crippen LogP contribution in [0.5, 0.6) is 0 Å². The molecule has 0 bridgehead atoms. The zero-order valence-electron chi connectivity index (χ0n) is 11.2. The number of benzene rings is 2. The number of hydrogen-bond acceptors (Lipinski definition) is 2. The van der Waals surface area contributed by atoms with Gasteiger partial charge in [-0.3, -0.25) is 4.79 Å². The van der Waals surface area contributed by atoms with Crippen molar-refractivity contribution in [2.75, 3.05) is 0 Å². The summed E-state index contributed by atoms with van der Waals surface area (Å²) in [7, 11) is 0. The first kappa shape index (κ1) is 12.5. The number of carbonyl (C=O) groups is 1. The Hall–Kier alpha value is -2.55. The van der Waals surface area contributed by atoms with E-state index in [-0.39, 0.29) is 11.9 Å². The lowest BCUT2D eigenvalue weighted by Crippen LogP contribution is -2.26. The SMILES string of the molecule is C[C@H](NC(=O)c1ccoc1)c1ccc2ccccc2c1. The van der Waals surface area contributed by atoms with Crippen molar-refractivity contribution in [3.8, 4) is 0 Å². The van der Waals surface area contributed by atoms with Crippen LogP contribution in [-0.4, -0.2) is 5.91 Å². The molecule has 0 radical (unpaired) electrons. The molecule has 3 nitrogen and oxygen atoms in total. The van der Waals surface area contributed by atoms with Gasteiger partial charge in [0.2, 0.25) is 0 Å². The van der Waals surface area contributed by atoms with Gasteiger partial charge in [-0.1, -0.05) is 36.4 Å². The van der Waals surface area contributed by atoms with Gasteiger partial charge in [0, 0.05) is 0 Å². The Morgan fingerprint density at radius 2 is 1.90 bits per heavy atom. The number of fused-ring (bicyclic) bond motifs is 1. The second-order valence-electron chi connectivity index (χ2n) is 4.81. The van der Waals surface area contributed by atoms with E-state index >= 15 is 0 Å². The van der Waals surface area contributed by atoms with E-state index in [0.717, 1.165) is 5.56 Å². The number of rotatable bonds is 3. The standard InChI is InChI=1S/C17H15NO2/c1-12(18-17(19)16-8-9-20-11-16)14-7-6-13-4-2-3-5-15(13)10-14/h2-12H,1H3,(H,18,19)/t12-/m0/s1. The molecule has 3 rings (SSSR count). The van der Waals surface area contributed by atoms with Gasteiger partial charge in [-0.25, -0.2) is 0 Å². The lowest BCUT2D eigenvalue weighted by molar-refractivity contribution is 0.0939. The maximum Gasteiger partial charge on any atom is 0.255 e. The van der Waals surface area contributed by atoms with Crippen LogP contribution in [0.15, 0.2) is 65.5 Å². The molecule has 1 amide bonds. The predicted molar refractivity (Wildman–Crippen MR) is 78.5 cm³/mol. The van der Waals surface area contributed by atoms with E-state index in [4.69, 9.17) is 4.42 Å². The second-order valence-corrected chi connectivity index (χ2v) is 4.81. The smallest absolute Gasteiger partial charge is 0.255 e. The molecular formula is C17H15NO2. The van der Waals surface area contributed by atoms with Crippen LogP contribution in [0.3, 0.4) is 0 Å². The number of furan rings is 1. The minimum Gasteiger partial charge on any atom is -0.472 e. The Kier molecular flexibility index (Phi) is 3.25. The summed E-state index contributed by atoms with van der Waals surface area (Å²) in [5.74, 6) is -0.126. The van der Waals surface area contributed by atoms with Crippen molar-refractivity contribution in [2.24, 2.45) is 0 Å². The summed E-state index contributed by atoms with van der Waals surface area (Å²) in [5.41, 5.74) is 1.62. The Labute approximate surface area is 117 Å². The third-order valence-electron chi connectivity index (χ3n) is 3.40. The van der Waals surface area contributed by atoms with Crippen LogP contribution >= 0.6 is 0 Å². The van der Waals surface area contributed by atoms with Crippen LogP contribution in [0, 0.1) is 0 Å². The summed E-state index contributed by atoms with van der Waals surface area (Å²) in [6, 6.07) is 16.0. The molecule has 3 heteroatoms. The first-order chi connectivity index (χ1) is 9.74. The van der Waals surface area contributed by atoms with Gasteiger partial charge in [0.15, 0.2) is 0 Å². The molecule has 100 valence electrons. The Morgan fingerprint density at radius 1 is 1.10 bits per heavy atom. The molecule has 0 aliphatic heterocycles. The lowest BCUT2D eigenvalue weighted by Gasteiger charge is -2.14. The van der Waals surface area contributed by atoms with Gasteiger partial charge in [0.05, 0.1) is 17.9 Å². The van der Waals surface area contributed by atoms with Gasteiger partial charge in [-0.15, -0.1) is 0 Å². The van der Waals surface area contributed by atoms with Crippen LogP contribution in [-0.2, 0) is 0 Å². The topological polar surface area (TPSA) is 42.2 Å². The highest BCUT2D eigenvalue weighted by Gasteiger charge is 2.12. The zero-order chi connectivity index (χ0) is 13.9. The normalized spacial score (nSPS) is 12.2. The first-order valence-corrected chi connectivity index (χ1v) is 6.56. The summed E-state index contributed by atoms with van der Waals surface area (Å²) in [6.07, 6.45) is 2.94. The van der Waals surface area contributed by atoms with E-state index < -0.39 is 0 Å². The van der Waals surface area contributed by atoms with Crippen molar-refractivity contribution in [3.63, 3.8) is 0 Å². The zero-order valence-corrected chi connectivity index (χ0v) is 11.2. The van der Waals surface area contributed by atoms with Crippen LogP contribution in [0.1, 0.15) is 28.9 Å². The molecule has 0 saturated carbocycles. The molecule has 2 aromatic carbocycles. The molecule has 0 unspecified atom stereocenters. The summed E-state index contributed by atoms with van der Waals surface area (Å²) in [4.78, 5) is 12.0. The molecule has 0 aliphatic carbocycles. The molecule has 0 saturated heterocycles. The van der Waals surface area contributed by atoms with Gasteiger partial charge < -0.3 is 9.73 Å². The van der Waals surface area contributed by atoms with Crippen molar-refractivity contribution < 1.29 is 9.21 Å². The Bertz CT molecular complexity index is 732. The van der Waals surface area contributed by atoms with Gasteiger partial charge >= 0.3 is 0 Å². The quantitative estimate of drug-likeness (QED) is 0.779. The third-order valence-corrected chi connectivity index (χ3v) is 3.40. The highest BCUT2D eigenvalue weighted by molar-refractivity contribution is 5.94. The maximum atomic E-state index is 12.0. The van der Waals surface area contributed by atoms with Crippen molar-refractivity contribution in [2.45, 2.75) is 13.0 Å². The Balaban J connectivity index is 1.81. The molecule has 0 fully saturated rings. The highest BCUT2D eigenvalue weighted by atomic mass is 16.3. The molecule has 1 atom stereocenters. The molecule has 1 heterocycles. The third kappa shape index (κ3) is 2.43. The second kappa shape index (κ2) is 5.21. The molecule has 1 aromatic heterocycles. The lowest BCUT2D eigenvalue weighted by atomic mass is 10.0. The summed E-state index contributed by atoms with van der Waals surface area (Å²) >= 11 is 0. The first-order valence-electron chi connectivity index (χ1n) is 6.56. The molecule has 20 heavy (non-hydrogen) atoms. The van der Waals surface area contributed by atoms with Gasteiger partial charge in [-0.05, 0) is 35.4 Å². The molecule has 0 spiro atoms. The van der Waals surface area contributed by atoms with Crippen molar-refractivity contribution in [3.05, 3.63) is 72.2 Å². The number of amides is 1. The fraction of sp³-hybridized carbons (Fsp3) is 0.118. The van der Waals surface area contributed by atoms with Gasteiger partial charge in [-0.2, -0.15) is 0 Å². The van der Waals surface area contributed by atoms with E-state index in [1.165, 1.54) is 23.3 Å². The summed E-state index contributed by atoms with van der Waals surface area (Å²) in [5, 5.41) is 5.34. The summed E-state index contributed by atoms with van der Waals surface area (Å²) < 4.78 is 4.92. The van der Waals surface area contributed by atoms with Crippen molar-refractivity contribution >= 4 is 16.7 Å². The van der Waals surface area contributed by atoms with Crippen LogP contribution in [0.2, 0.25) is 0 Å². The van der Waals surface area contributed by atoms with Crippen LogP contribution in [0.4, 0.5) is 0 Å². The maximum absolute atomic E-state index is 12.0. The average Bonchev–Trinajstić information content (AvgIpc) is 3.01. The van der Waals surface area contributed by atoms with Crippen LogP contribution in [0.25, 0.3) is 10.8 Å². The van der Waals surface area contributed by atoms with E-state index in [2.05, 4.69) is 29.6 Å². The van der Waals surface area contributed by atoms with E-state index in [1.54, 1.807) is 6.07 Å². The minimum absolute atomic E-state index is 0.0537. The molecule has 3 aromatic rings. The number of carbonyl (C=O) groups excluding carboxylic acids is 1. The molecular weight excluding hydrogens is 250 g/mol. The van der Waals surface area contributed by atoms with E-state index in [9.17, 15) is 4.79 Å². The van der Waals surface area contributed by atoms with Gasteiger partial charge in [0.25, 0.3) is 5.91 Å².